The number of aromatic nitrogens is 1. The van der Waals surface area contributed by atoms with Gasteiger partial charge in [-0.05, 0) is 24.3 Å². The van der Waals surface area contributed by atoms with Crippen LogP contribution in [0.1, 0.15) is 29.2 Å². The van der Waals surface area contributed by atoms with Crippen LogP contribution in [0.15, 0.2) is 17.5 Å². The molecule has 0 aliphatic carbocycles. The molecular formula is C14H18N2O2S2. The Morgan fingerprint density at radius 3 is 2.85 bits per heavy atom. The van der Waals surface area contributed by atoms with Crippen molar-refractivity contribution in [3.05, 3.63) is 28.1 Å². The highest BCUT2D eigenvalue weighted by molar-refractivity contribution is 7.22. The van der Waals surface area contributed by atoms with Crippen molar-refractivity contribution in [2.24, 2.45) is 5.92 Å². The third-order valence-electron chi connectivity index (χ3n) is 2.98. The minimum atomic E-state index is -0.524. The van der Waals surface area contributed by atoms with Crippen LogP contribution in [0, 0.1) is 12.8 Å². The van der Waals surface area contributed by atoms with Crippen LogP contribution in [0.2, 0.25) is 0 Å². The second-order valence-corrected chi connectivity index (χ2v) is 6.88. The van der Waals surface area contributed by atoms with Gasteiger partial charge in [-0.3, -0.25) is 4.79 Å². The fourth-order valence-corrected chi connectivity index (χ4v) is 3.41. The largest absolute Gasteiger partial charge is 0.391 e. The van der Waals surface area contributed by atoms with E-state index in [1.165, 1.54) is 11.3 Å². The molecule has 2 N–H and O–H groups in total. The van der Waals surface area contributed by atoms with Crippen LogP contribution in [-0.4, -0.2) is 28.6 Å². The maximum absolute atomic E-state index is 12.1. The molecule has 0 unspecified atom stereocenters. The highest BCUT2D eigenvalue weighted by Gasteiger charge is 2.18. The predicted octanol–water partition coefficient (Wildman–Crippen LogP) is 2.93. The minimum Gasteiger partial charge on any atom is -0.391 e. The predicted molar refractivity (Wildman–Crippen MR) is 83.3 cm³/mol. The average molecular weight is 310 g/mol. The van der Waals surface area contributed by atoms with Gasteiger partial charge in [0.15, 0.2) is 0 Å². The summed E-state index contributed by atoms with van der Waals surface area (Å²) in [4.78, 5) is 18.3. The number of amides is 1. The molecule has 2 heterocycles. The molecule has 0 aliphatic rings. The van der Waals surface area contributed by atoms with Crippen LogP contribution in [0.5, 0.6) is 0 Å². The summed E-state index contributed by atoms with van der Waals surface area (Å²) in [6, 6.07) is 3.96. The molecule has 0 fully saturated rings. The van der Waals surface area contributed by atoms with Gasteiger partial charge in [-0.2, -0.15) is 0 Å². The number of hydrogen-bond acceptors (Lipinski definition) is 5. The smallest absolute Gasteiger partial charge is 0.263 e. The summed E-state index contributed by atoms with van der Waals surface area (Å²) in [6.45, 7) is 5.94. The van der Waals surface area contributed by atoms with Crippen LogP contribution in [-0.2, 0) is 0 Å². The Bertz CT molecular complexity index is 576. The number of thiazole rings is 1. The first kappa shape index (κ1) is 15.2. The summed E-state index contributed by atoms with van der Waals surface area (Å²) in [5, 5.41) is 15.3. The molecule has 0 saturated heterocycles. The Morgan fingerprint density at radius 2 is 2.25 bits per heavy atom. The fraction of sp³-hybridized carbons (Fsp3) is 0.429. The molecule has 0 aromatic carbocycles. The summed E-state index contributed by atoms with van der Waals surface area (Å²) in [5.41, 5.74) is 0.731. The third-order valence-corrected chi connectivity index (χ3v) is 5.17. The summed E-state index contributed by atoms with van der Waals surface area (Å²) >= 11 is 3.00. The molecule has 1 amide bonds. The maximum atomic E-state index is 12.1. The molecule has 1 atom stereocenters. The number of carbonyl (C=O) groups is 1. The standard InChI is InChI=1S/C14H18N2O2S2/c1-8(2)10(17)7-15-13(18)12-9(3)16-14(20-12)11-5-4-6-19-11/h4-6,8,10,17H,7H2,1-3H3,(H,15,18)/t10-/m0/s1. The lowest BCUT2D eigenvalue weighted by Crippen LogP contribution is -2.34. The number of aliphatic hydroxyl groups excluding tert-OH is 1. The molecular weight excluding hydrogens is 292 g/mol. The number of nitrogens with zero attached hydrogens (tertiary/aromatic N) is 1. The molecule has 0 radical (unpaired) electrons. The SMILES string of the molecule is Cc1nc(-c2cccs2)sc1C(=O)NC[C@H](O)C(C)C. The van der Waals surface area contributed by atoms with Gasteiger partial charge in [0.1, 0.15) is 9.88 Å². The molecule has 0 saturated carbocycles. The minimum absolute atomic E-state index is 0.125. The number of carbonyl (C=O) groups excluding carboxylic acids is 1. The Hall–Kier alpha value is -1.24. The maximum Gasteiger partial charge on any atom is 0.263 e. The van der Waals surface area contributed by atoms with Crippen molar-refractivity contribution in [1.29, 1.82) is 0 Å². The first-order valence-electron chi connectivity index (χ1n) is 6.46. The Labute approximate surface area is 126 Å². The van der Waals surface area contributed by atoms with Crippen molar-refractivity contribution in [3.8, 4) is 9.88 Å². The first-order valence-corrected chi connectivity index (χ1v) is 8.16. The Morgan fingerprint density at radius 1 is 1.50 bits per heavy atom. The Kier molecular flexibility index (Phi) is 4.91. The summed E-state index contributed by atoms with van der Waals surface area (Å²) < 4.78 is 0. The van der Waals surface area contributed by atoms with Crippen LogP contribution in [0.4, 0.5) is 0 Å². The summed E-state index contributed by atoms with van der Waals surface area (Å²) in [5.74, 6) is -0.0398. The van der Waals surface area contributed by atoms with Crippen molar-refractivity contribution in [2.45, 2.75) is 26.9 Å². The zero-order chi connectivity index (χ0) is 14.7. The lowest BCUT2D eigenvalue weighted by atomic mass is 10.1. The molecule has 0 aliphatic heterocycles. The molecule has 0 spiro atoms. The highest BCUT2D eigenvalue weighted by atomic mass is 32.1. The van der Waals surface area contributed by atoms with Gasteiger partial charge in [0, 0.05) is 6.54 Å². The fourth-order valence-electron chi connectivity index (χ4n) is 1.63. The van der Waals surface area contributed by atoms with E-state index in [-0.39, 0.29) is 18.4 Å². The van der Waals surface area contributed by atoms with E-state index in [0.29, 0.717) is 4.88 Å². The van der Waals surface area contributed by atoms with Gasteiger partial charge < -0.3 is 10.4 Å². The molecule has 2 aromatic heterocycles. The van der Waals surface area contributed by atoms with E-state index in [9.17, 15) is 9.90 Å². The molecule has 6 heteroatoms. The van der Waals surface area contributed by atoms with E-state index in [1.54, 1.807) is 11.3 Å². The monoisotopic (exact) mass is 310 g/mol. The summed E-state index contributed by atoms with van der Waals surface area (Å²) in [7, 11) is 0. The lowest BCUT2D eigenvalue weighted by molar-refractivity contribution is 0.0874. The van der Waals surface area contributed by atoms with Gasteiger partial charge in [-0.25, -0.2) is 4.98 Å². The number of aryl methyl sites for hydroxylation is 1. The number of hydrogen-bond donors (Lipinski definition) is 2. The van der Waals surface area contributed by atoms with E-state index >= 15 is 0 Å². The van der Waals surface area contributed by atoms with Crippen LogP contribution < -0.4 is 5.32 Å². The molecule has 2 aromatic rings. The van der Waals surface area contributed by atoms with Gasteiger partial charge in [0.05, 0.1) is 16.7 Å². The van der Waals surface area contributed by atoms with E-state index < -0.39 is 6.10 Å². The van der Waals surface area contributed by atoms with Crippen LogP contribution in [0.3, 0.4) is 0 Å². The van der Waals surface area contributed by atoms with Crippen molar-refractivity contribution in [3.63, 3.8) is 0 Å². The van der Waals surface area contributed by atoms with E-state index in [4.69, 9.17) is 0 Å². The zero-order valence-electron chi connectivity index (χ0n) is 11.7. The second-order valence-electron chi connectivity index (χ2n) is 4.93. The number of rotatable bonds is 5. The lowest BCUT2D eigenvalue weighted by Gasteiger charge is -2.14. The number of aliphatic hydroxyl groups is 1. The molecule has 20 heavy (non-hydrogen) atoms. The molecule has 0 bridgehead atoms. The number of thiophene rings is 1. The van der Waals surface area contributed by atoms with Crippen molar-refractivity contribution < 1.29 is 9.90 Å². The topological polar surface area (TPSA) is 62.2 Å². The second kappa shape index (κ2) is 6.47. The van der Waals surface area contributed by atoms with Gasteiger partial charge in [-0.1, -0.05) is 19.9 Å². The zero-order valence-corrected chi connectivity index (χ0v) is 13.3. The molecule has 2 rings (SSSR count). The Balaban J connectivity index is 2.07. The summed E-state index contributed by atoms with van der Waals surface area (Å²) in [6.07, 6.45) is -0.524. The molecule has 4 nitrogen and oxygen atoms in total. The highest BCUT2D eigenvalue weighted by Crippen LogP contribution is 2.30. The molecule has 108 valence electrons. The normalized spacial score (nSPS) is 12.7. The van der Waals surface area contributed by atoms with E-state index in [1.807, 2.05) is 38.3 Å². The van der Waals surface area contributed by atoms with Gasteiger partial charge >= 0.3 is 0 Å². The van der Waals surface area contributed by atoms with Crippen LogP contribution in [0.25, 0.3) is 9.88 Å². The average Bonchev–Trinajstić information content (AvgIpc) is 3.04. The van der Waals surface area contributed by atoms with Gasteiger partial charge in [-0.15, -0.1) is 22.7 Å². The van der Waals surface area contributed by atoms with Gasteiger partial charge in [0.2, 0.25) is 0 Å². The number of nitrogens with one attached hydrogen (secondary N) is 1. The van der Waals surface area contributed by atoms with Crippen molar-refractivity contribution in [2.75, 3.05) is 6.54 Å². The third kappa shape index (κ3) is 3.45. The van der Waals surface area contributed by atoms with Crippen molar-refractivity contribution in [1.82, 2.24) is 10.3 Å². The first-order chi connectivity index (χ1) is 9.49. The van der Waals surface area contributed by atoms with E-state index in [2.05, 4.69) is 10.3 Å². The van der Waals surface area contributed by atoms with Crippen molar-refractivity contribution >= 4 is 28.6 Å². The quantitative estimate of drug-likeness (QED) is 0.892. The van der Waals surface area contributed by atoms with Gasteiger partial charge in [0.25, 0.3) is 5.91 Å². The van der Waals surface area contributed by atoms with E-state index in [0.717, 1.165) is 15.6 Å². The van der Waals surface area contributed by atoms with Crippen LogP contribution >= 0.6 is 22.7 Å².